The van der Waals surface area contributed by atoms with Gasteiger partial charge in [-0.15, -0.1) is 0 Å². The van der Waals surface area contributed by atoms with Crippen LogP contribution >= 0.6 is 0 Å². The van der Waals surface area contributed by atoms with Gasteiger partial charge in [-0.05, 0) is 67.2 Å². The van der Waals surface area contributed by atoms with E-state index in [2.05, 4.69) is 6.07 Å². The molecule has 2 nitrogen and oxygen atoms in total. The van der Waals surface area contributed by atoms with Crippen molar-refractivity contribution in [2.75, 3.05) is 6.54 Å². The van der Waals surface area contributed by atoms with Crippen LogP contribution in [-0.4, -0.2) is 11.7 Å². The Hall–Kier alpha value is -1.02. The number of aromatic hydroxyl groups is 1. The minimum absolute atomic E-state index is 0.321. The van der Waals surface area contributed by atoms with E-state index in [1.165, 1.54) is 24.8 Å². The molecular formula is C14H19NO. The van der Waals surface area contributed by atoms with Gasteiger partial charge in [0.2, 0.25) is 0 Å². The summed E-state index contributed by atoms with van der Waals surface area (Å²) in [4.78, 5) is 0. The standard InChI is InChI=1S/C14H19NO/c15-9-14(7-11-5-12(11)8-14)6-10-2-1-3-13(16)4-10/h1-4,11-12,16H,5-9,15H2. The van der Waals surface area contributed by atoms with Gasteiger partial charge in [0.05, 0.1) is 0 Å². The Kier molecular flexibility index (Phi) is 2.21. The third-order valence-electron chi connectivity index (χ3n) is 4.38. The van der Waals surface area contributed by atoms with Crippen molar-refractivity contribution in [2.45, 2.75) is 25.7 Å². The van der Waals surface area contributed by atoms with E-state index in [1.54, 1.807) is 6.07 Å². The van der Waals surface area contributed by atoms with Gasteiger partial charge in [0, 0.05) is 0 Å². The molecule has 2 saturated carbocycles. The lowest BCUT2D eigenvalue weighted by Gasteiger charge is -2.29. The fourth-order valence-corrected chi connectivity index (χ4v) is 3.49. The number of phenolic OH excluding ortho intramolecular Hbond substituents is 1. The largest absolute Gasteiger partial charge is 0.508 e. The fourth-order valence-electron chi connectivity index (χ4n) is 3.49. The summed E-state index contributed by atoms with van der Waals surface area (Å²) in [6.07, 6.45) is 5.06. The topological polar surface area (TPSA) is 46.2 Å². The number of rotatable bonds is 3. The zero-order chi connectivity index (χ0) is 11.2. The van der Waals surface area contributed by atoms with Gasteiger partial charge in [0.15, 0.2) is 0 Å². The maximum absolute atomic E-state index is 9.47. The zero-order valence-electron chi connectivity index (χ0n) is 9.52. The highest BCUT2D eigenvalue weighted by Crippen LogP contribution is 2.60. The molecule has 86 valence electrons. The molecule has 2 aliphatic rings. The van der Waals surface area contributed by atoms with Crippen LogP contribution in [0.2, 0.25) is 0 Å². The number of hydrogen-bond donors (Lipinski definition) is 2. The Morgan fingerprint density at radius 2 is 2.06 bits per heavy atom. The highest BCUT2D eigenvalue weighted by molar-refractivity contribution is 5.28. The van der Waals surface area contributed by atoms with Gasteiger partial charge in [0.25, 0.3) is 0 Å². The predicted octanol–water partition coefficient (Wildman–Crippen LogP) is 2.31. The van der Waals surface area contributed by atoms with Gasteiger partial charge in [0.1, 0.15) is 5.75 Å². The van der Waals surface area contributed by atoms with Crippen LogP contribution in [0.15, 0.2) is 24.3 Å². The molecule has 1 aromatic rings. The molecule has 0 aromatic heterocycles. The first-order valence-electron chi connectivity index (χ1n) is 6.19. The van der Waals surface area contributed by atoms with Gasteiger partial charge in [-0.25, -0.2) is 0 Å². The molecule has 1 aromatic carbocycles. The summed E-state index contributed by atoms with van der Waals surface area (Å²) in [6.45, 7) is 0.787. The molecule has 2 aliphatic carbocycles. The van der Waals surface area contributed by atoms with Crippen LogP contribution in [0.25, 0.3) is 0 Å². The van der Waals surface area contributed by atoms with Crippen LogP contribution in [0.3, 0.4) is 0 Å². The maximum atomic E-state index is 9.47. The molecule has 2 heteroatoms. The lowest BCUT2D eigenvalue weighted by Crippen LogP contribution is -2.31. The van der Waals surface area contributed by atoms with Crippen LogP contribution in [0.4, 0.5) is 0 Å². The first-order valence-corrected chi connectivity index (χ1v) is 6.19. The van der Waals surface area contributed by atoms with Gasteiger partial charge in [-0.1, -0.05) is 12.1 Å². The molecule has 0 aliphatic heterocycles. The summed E-state index contributed by atoms with van der Waals surface area (Å²) < 4.78 is 0. The summed E-state index contributed by atoms with van der Waals surface area (Å²) >= 11 is 0. The number of benzene rings is 1. The van der Waals surface area contributed by atoms with Crippen molar-refractivity contribution in [3.63, 3.8) is 0 Å². The first kappa shape index (κ1) is 10.2. The van der Waals surface area contributed by atoms with Crippen molar-refractivity contribution in [3.8, 4) is 5.75 Å². The molecule has 0 bridgehead atoms. The van der Waals surface area contributed by atoms with Crippen molar-refractivity contribution >= 4 is 0 Å². The number of phenols is 1. The lowest BCUT2D eigenvalue weighted by atomic mass is 9.77. The van der Waals surface area contributed by atoms with Crippen LogP contribution < -0.4 is 5.73 Å². The Morgan fingerprint density at radius 1 is 1.31 bits per heavy atom. The van der Waals surface area contributed by atoms with E-state index >= 15 is 0 Å². The Balaban J connectivity index is 1.77. The quantitative estimate of drug-likeness (QED) is 0.816. The summed E-state index contributed by atoms with van der Waals surface area (Å²) in [6, 6.07) is 7.62. The predicted molar refractivity (Wildman–Crippen MR) is 64.1 cm³/mol. The fraction of sp³-hybridized carbons (Fsp3) is 0.571. The van der Waals surface area contributed by atoms with Crippen LogP contribution in [-0.2, 0) is 6.42 Å². The van der Waals surface area contributed by atoms with Crippen molar-refractivity contribution in [3.05, 3.63) is 29.8 Å². The average Bonchev–Trinajstić information content (AvgIpc) is 2.87. The van der Waals surface area contributed by atoms with Gasteiger partial charge < -0.3 is 10.8 Å². The summed E-state index contributed by atoms with van der Waals surface area (Å²) in [7, 11) is 0. The summed E-state index contributed by atoms with van der Waals surface area (Å²) in [5.41, 5.74) is 7.52. The summed E-state index contributed by atoms with van der Waals surface area (Å²) in [5.74, 6) is 2.29. The SMILES string of the molecule is NCC1(Cc2cccc(O)c2)CC2CC2C1. The molecule has 0 spiro atoms. The second kappa shape index (κ2) is 3.49. The molecule has 0 radical (unpaired) electrons. The van der Waals surface area contributed by atoms with E-state index in [0.717, 1.165) is 24.8 Å². The van der Waals surface area contributed by atoms with Crippen molar-refractivity contribution < 1.29 is 5.11 Å². The van der Waals surface area contributed by atoms with Gasteiger partial charge >= 0.3 is 0 Å². The van der Waals surface area contributed by atoms with Crippen molar-refractivity contribution in [1.82, 2.24) is 0 Å². The van der Waals surface area contributed by atoms with E-state index in [9.17, 15) is 5.11 Å². The molecule has 3 N–H and O–H groups in total. The molecule has 0 amide bonds. The molecule has 3 rings (SSSR count). The highest BCUT2D eigenvalue weighted by atomic mass is 16.3. The van der Waals surface area contributed by atoms with E-state index < -0.39 is 0 Å². The van der Waals surface area contributed by atoms with Crippen LogP contribution in [0, 0.1) is 17.3 Å². The van der Waals surface area contributed by atoms with E-state index in [0.29, 0.717) is 11.2 Å². The number of nitrogens with two attached hydrogens (primary N) is 1. The second-order valence-electron chi connectivity index (χ2n) is 5.71. The summed E-state index contributed by atoms with van der Waals surface area (Å²) in [5, 5.41) is 9.47. The maximum Gasteiger partial charge on any atom is 0.115 e. The Labute approximate surface area is 96.5 Å². The van der Waals surface area contributed by atoms with Gasteiger partial charge in [-0.3, -0.25) is 0 Å². The molecule has 2 fully saturated rings. The minimum Gasteiger partial charge on any atom is -0.508 e. The Bertz CT molecular complexity index is 391. The molecule has 2 atom stereocenters. The molecule has 16 heavy (non-hydrogen) atoms. The van der Waals surface area contributed by atoms with Gasteiger partial charge in [-0.2, -0.15) is 0 Å². The van der Waals surface area contributed by atoms with Crippen molar-refractivity contribution in [1.29, 1.82) is 0 Å². The monoisotopic (exact) mass is 217 g/mol. The third kappa shape index (κ3) is 1.71. The number of fused-ring (bicyclic) bond motifs is 1. The molecular weight excluding hydrogens is 198 g/mol. The van der Waals surface area contributed by atoms with E-state index in [-0.39, 0.29) is 0 Å². The van der Waals surface area contributed by atoms with E-state index in [4.69, 9.17) is 5.73 Å². The van der Waals surface area contributed by atoms with E-state index in [1.807, 2.05) is 12.1 Å². The molecule has 0 heterocycles. The second-order valence-corrected chi connectivity index (χ2v) is 5.71. The third-order valence-corrected chi connectivity index (χ3v) is 4.38. The number of hydrogen-bond acceptors (Lipinski definition) is 2. The zero-order valence-corrected chi connectivity index (χ0v) is 9.52. The molecule has 2 unspecified atom stereocenters. The molecule has 0 saturated heterocycles. The van der Waals surface area contributed by atoms with Crippen LogP contribution in [0.5, 0.6) is 5.75 Å². The first-order chi connectivity index (χ1) is 7.71. The van der Waals surface area contributed by atoms with Crippen LogP contribution in [0.1, 0.15) is 24.8 Å². The minimum atomic E-state index is 0.321. The Morgan fingerprint density at radius 3 is 2.69 bits per heavy atom. The highest BCUT2D eigenvalue weighted by Gasteiger charge is 2.52. The smallest absolute Gasteiger partial charge is 0.115 e. The lowest BCUT2D eigenvalue weighted by molar-refractivity contribution is 0.272. The average molecular weight is 217 g/mol. The van der Waals surface area contributed by atoms with Crippen molar-refractivity contribution in [2.24, 2.45) is 23.0 Å². The normalized spacial score (nSPS) is 36.1.